The van der Waals surface area contributed by atoms with Crippen molar-refractivity contribution in [2.75, 3.05) is 6.54 Å². The molecule has 2 amide bonds. The van der Waals surface area contributed by atoms with Gasteiger partial charge in [-0.25, -0.2) is 0 Å². The topological polar surface area (TPSA) is 76.7 Å². The zero-order chi connectivity index (χ0) is 21.7. The van der Waals surface area contributed by atoms with Crippen LogP contribution in [0.2, 0.25) is 0 Å². The van der Waals surface area contributed by atoms with E-state index in [2.05, 4.69) is 20.1 Å². The standard InChI is InChI=1S/C20H18F4N2O4/c21-18(22)29-14-8-7-12(11-15(14)30-19(23)24)16(27)26-20(9-4-10-25-17(20)28)13-5-2-1-3-6-13/h1-3,5-8,11,18-19H,4,9-10H2,(H,25,28)(H,26,27)/t20-/m0/s1. The number of carbonyl (C=O) groups excluding carboxylic acids is 2. The van der Waals surface area contributed by atoms with E-state index in [9.17, 15) is 27.2 Å². The molecule has 0 saturated carbocycles. The second-order valence-corrected chi connectivity index (χ2v) is 6.50. The second kappa shape index (κ2) is 9.02. The number of amides is 2. The number of benzene rings is 2. The van der Waals surface area contributed by atoms with E-state index < -0.39 is 42.1 Å². The van der Waals surface area contributed by atoms with Crippen molar-refractivity contribution in [2.45, 2.75) is 31.6 Å². The number of halogens is 4. The third-order valence-electron chi connectivity index (χ3n) is 4.63. The minimum atomic E-state index is -3.32. The van der Waals surface area contributed by atoms with Crippen LogP contribution in [-0.4, -0.2) is 31.6 Å². The Kier molecular flexibility index (Phi) is 6.43. The number of hydrogen-bond acceptors (Lipinski definition) is 4. The number of carbonyl (C=O) groups is 2. The zero-order valence-corrected chi connectivity index (χ0v) is 15.5. The number of alkyl halides is 4. The molecule has 2 N–H and O–H groups in total. The highest BCUT2D eigenvalue weighted by Gasteiger charge is 2.43. The summed E-state index contributed by atoms with van der Waals surface area (Å²) in [5.74, 6) is -2.54. The van der Waals surface area contributed by atoms with E-state index in [-0.39, 0.29) is 5.56 Å². The Bertz CT molecular complexity index is 911. The van der Waals surface area contributed by atoms with Gasteiger partial charge in [-0.1, -0.05) is 30.3 Å². The fourth-order valence-corrected chi connectivity index (χ4v) is 3.31. The first-order valence-corrected chi connectivity index (χ1v) is 9.02. The third-order valence-corrected chi connectivity index (χ3v) is 4.63. The van der Waals surface area contributed by atoms with Gasteiger partial charge in [-0.05, 0) is 36.6 Å². The summed E-state index contributed by atoms with van der Waals surface area (Å²) in [7, 11) is 0. The Morgan fingerprint density at radius 3 is 2.30 bits per heavy atom. The fraction of sp³-hybridized carbons (Fsp3) is 0.300. The van der Waals surface area contributed by atoms with Gasteiger partial charge in [0.25, 0.3) is 5.91 Å². The van der Waals surface area contributed by atoms with Gasteiger partial charge in [0.1, 0.15) is 5.54 Å². The maximum Gasteiger partial charge on any atom is 0.387 e. The van der Waals surface area contributed by atoms with Crippen molar-refractivity contribution >= 4 is 11.8 Å². The predicted octanol–water partition coefficient (Wildman–Crippen LogP) is 3.42. The van der Waals surface area contributed by atoms with Crippen LogP contribution in [-0.2, 0) is 10.3 Å². The van der Waals surface area contributed by atoms with Crippen LogP contribution in [0.5, 0.6) is 11.5 Å². The van der Waals surface area contributed by atoms with Gasteiger partial charge in [-0.15, -0.1) is 0 Å². The molecule has 0 aliphatic carbocycles. The summed E-state index contributed by atoms with van der Waals surface area (Å²) >= 11 is 0. The van der Waals surface area contributed by atoms with Crippen molar-refractivity contribution in [3.05, 3.63) is 59.7 Å². The molecule has 0 unspecified atom stereocenters. The third kappa shape index (κ3) is 4.64. The fourth-order valence-electron chi connectivity index (χ4n) is 3.31. The number of nitrogens with one attached hydrogen (secondary N) is 2. The summed E-state index contributed by atoms with van der Waals surface area (Å²) < 4.78 is 58.7. The Hall–Kier alpha value is -3.30. The van der Waals surface area contributed by atoms with Crippen LogP contribution in [0.3, 0.4) is 0 Å². The second-order valence-electron chi connectivity index (χ2n) is 6.50. The molecule has 1 heterocycles. The van der Waals surface area contributed by atoms with Crippen molar-refractivity contribution in [3.8, 4) is 11.5 Å². The SMILES string of the molecule is O=C(N[C@]1(c2ccccc2)CCCNC1=O)c1ccc(OC(F)F)c(OC(F)F)c1. The van der Waals surface area contributed by atoms with E-state index in [0.717, 1.165) is 18.2 Å². The van der Waals surface area contributed by atoms with Gasteiger partial charge in [0.05, 0.1) is 0 Å². The molecule has 160 valence electrons. The molecule has 1 aliphatic heterocycles. The maximum absolute atomic E-state index is 12.9. The van der Waals surface area contributed by atoms with Crippen molar-refractivity contribution in [1.82, 2.24) is 10.6 Å². The average Bonchev–Trinajstić information content (AvgIpc) is 2.71. The zero-order valence-electron chi connectivity index (χ0n) is 15.5. The highest BCUT2D eigenvalue weighted by molar-refractivity contribution is 6.00. The number of hydrogen-bond donors (Lipinski definition) is 2. The van der Waals surface area contributed by atoms with Gasteiger partial charge in [0, 0.05) is 12.1 Å². The van der Waals surface area contributed by atoms with Gasteiger partial charge in [0.2, 0.25) is 5.91 Å². The van der Waals surface area contributed by atoms with E-state index in [1.54, 1.807) is 30.3 Å². The van der Waals surface area contributed by atoms with Gasteiger partial charge in [0.15, 0.2) is 11.5 Å². The van der Waals surface area contributed by atoms with Crippen molar-refractivity contribution < 1.29 is 36.6 Å². The van der Waals surface area contributed by atoms with E-state index in [0.29, 0.717) is 24.9 Å². The van der Waals surface area contributed by atoms with Crippen LogP contribution in [0.4, 0.5) is 17.6 Å². The van der Waals surface area contributed by atoms with Crippen LogP contribution >= 0.6 is 0 Å². The summed E-state index contributed by atoms with van der Waals surface area (Å²) in [6.45, 7) is -6.13. The molecular formula is C20H18F4N2O4. The van der Waals surface area contributed by atoms with Crippen molar-refractivity contribution in [3.63, 3.8) is 0 Å². The molecule has 0 spiro atoms. The quantitative estimate of drug-likeness (QED) is 0.666. The van der Waals surface area contributed by atoms with E-state index in [4.69, 9.17) is 0 Å². The predicted molar refractivity (Wildman–Crippen MR) is 97.5 cm³/mol. The van der Waals surface area contributed by atoms with Crippen LogP contribution in [0.1, 0.15) is 28.8 Å². The Balaban J connectivity index is 1.93. The van der Waals surface area contributed by atoms with Gasteiger partial charge < -0.3 is 20.1 Å². The normalized spacial score (nSPS) is 18.8. The number of piperidine rings is 1. The minimum absolute atomic E-state index is 0.166. The molecular weight excluding hydrogens is 408 g/mol. The largest absolute Gasteiger partial charge is 0.431 e. The lowest BCUT2D eigenvalue weighted by Crippen LogP contribution is -2.59. The van der Waals surface area contributed by atoms with E-state index in [1.807, 2.05) is 0 Å². The molecule has 1 aliphatic rings. The maximum atomic E-state index is 12.9. The number of ether oxygens (including phenoxy) is 2. The first-order valence-electron chi connectivity index (χ1n) is 9.02. The van der Waals surface area contributed by atoms with Crippen LogP contribution < -0.4 is 20.1 Å². The molecule has 10 heteroatoms. The highest BCUT2D eigenvalue weighted by Crippen LogP contribution is 2.33. The van der Waals surface area contributed by atoms with Gasteiger partial charge >= 0.3 is 13.2 Å². The highest BCUT2D eigenvalue weighted by atomic mass is 19.3. The molecule has 30 heavy (non-hydrogen) atoms. The first kappa shape index (κ1) is 21.4. The summed E-state index contributed by atoms with van der Waals surface area (Å²) in [6, 6.07) is 11.5. The smallest absolute Gasteiger partial charge is 0.387 e. The average molecular weight is 426 g/mol. The lowest BCUT2D eigenvalue weighted by Gasteiger charge is -2.37. The molecule has 1 saturated heterocycles. The van der Waals surface area contributed by atoms with Crippen LogP contribution in [0.25, 0.3) is 0 Å². The number of rotatable bonds is 7. The lowest BCUT2D eigenvalue weighted by atomic mass is 9.82. The summed E-state index contributed by atoms with van der Waals surface area (Å²) in [4.78, 5) is 25.6. The summed E-state index contributed by atoms with van der Waals surface area (Å²) in [6.07, 6.45) is 0.920. The van der Waals surface area contributed by atoms with E-state index in [1.165, 1.54) is 0 Å². The molecule has 1 atom stereocenters. The summed E-state index contributed by atoms with van der Waals surface area (Å²) in [5, 5.41) is 5.39. The van der Waals surface area contributed by atoms with Gasteiger partial charge in [-0.2, -0.15) is 17.6 Å². The molecule has 6 nitrogen and oxygen atoms in total. The summed E-state index contributed by atoms with van der Waals surface area (Å²) in [5.41, 5.74) is -0.975. The van der Waals surface area contributed by atoms with Crippen LogP contribution in [0, 0.1) is 0 Å². The molecule has 0 radical (unpaired) electrons. The van der Waals surface area contributed by atoms with Crippen molar-refractivity contribution in [2.24, 2.45) is 0 Å². The Labute approximate surface area is 169 Å². The minimum Gasteiger partial charge on any atom is -0.431 e. The molecule has 2 aromatic rings. The Morgan fingerprint density at radius 2 is 1.67 bits per heavy atom. The van der Waals surface area contributed by atoms with Crippen LogP contribution in [0.15, 0.2) is 48.5 Å². The molecule has 3 rings (SSSR count). The van der Waals surface area contributed by atoms with Gasteiger partial charge in [-0.3, -0.25) is 9.59 Å². The van der Waals surface area contributed by atoms with E-state index >= 15 is 0 Å². The molecule has 0 bridgehead atoms. The van der Waals surface area contributed by atoms with Crippen molar-refractivity contribution in [1.29, 1.82) is 0 Å². The monoisotopic (exact) mass is 426 g/mol. The molecule has 0 aromatic heterocycles. The molecule has 1 fully saturated rings. The first-order chi connectivity index (χ1) is 14.3. The molecule has 2 aromatic carbocycles. The Morgan fingerprint density at radius 1 is 1.00 bits per heavy atom. The lowest BCUT2D eigenvalue weighted by molar-refractivity contribution is -0.129.